The lowest BCUT2D eigenvalue weighted by Crippen LogP contribution is -2.36. The number of benzene rings is 1. The number of amides is 1. The molecule has 1 unspecified atom stereocenters. The first-order valence-corrected chi connectivity index (χ1v) is 10.3. The Morgan fingerprint density at radius 2 is 1.87 bits per heavy atom. The number of pyridine rings is 2. The van der Waals surface area contributed by atoms with E-state index in [1.54, 1.807) is 32.3 Å². The highest BCUT2D eigenvalue weighted by molar-refractivity contribution is 5.94. The normalized spacial score (nSPS) is 11.7. The molecule has 1 atom stereocenters. The number of nitrogens with zero attached hydrogens (tertiary/aromatic N) is 3. The Kier molecular flexibility index (Phi) is 6.74. The van der Waals surface area contributed by atoms with Gasteiger partial charge in [-0.05, 0) is 49.1 Å². The van der Waals surface area contributed by atoms with E-state index < -0.39 is 0 Å². The van der Waals surface area contributed by atoms with Gasteiger partial charge < -0.3 is 16.1 Å². The van der Waals surface area contributed by atoms with Gasteiger partial charge in [-0.2, -0.15) is 0 Å². The van der Waals surface area contributed by atoms with Crippen LogP contribution in [0.1, 0.15) is 35.2 Å². The van der Waals surface area contributed by atoms with Crippen LogP contribution in [0.4, 0.5) is 11.5 Å². The number of likely N-dealkylation sites (N-methyl/N-ethyl adjacent to an activating group) is 1. The monoisotopic (exact) mass is 419 g/mol. The lowest BCUT2D eigenvalue weighted by Gasteiger charge is -2.20. The maximum absolute atomic E-state index is 13.0. The van der Waals surface area contributed by atoms with E-state index in [1.165, 1.54) is 15.1 Å². The van der Waals surface area contributed by atoms with Crippen molar-refractivity contribution in [1.29, 1.82) is 0 Å². The fourth-order valence-electron chi connectivity index (χ4n) is 3.47. The van der Waals surface area contributed by atoms with Gasteiger partial charge in [0, 0.05) is 25.4 Å². The van der Waals surface area contributed by atoms with Crippen LogP contribution in [0.15, 0.2) is 59.5 Å². The minimum Gasteiger partial charge on any atom is -0.384 e. The molecule has 0 spiro atoms. The smallest absolute Gasteiger partial charge is 0.272 e. The third kappa shape index (κ3) is 5.12. The largest absolute Gasteiger partial charge is 0.384 e. The van der Waals surface area contributed by atoms with Crippen LogP contribution in [-0.4, -0.2) is 29.2 Å². The molecule has 3 rings (SSSR count). The maximum atomic E-state index is 13.0. The van der Waals surface area contributed by atoms with Crippen molar-refractivity contribution in [3.63, 3.8) is 0 Å². The van der Waals surface area contributed by atoms with Crippen molar-refractivity contribution in [2.24, 2.45) is 0 Å². The van der Waals surface area contributed by atoms with Gasteiger partial charge in [0.2, 0.25) is 5.91 Å². The number of aromatic nitrogens is 2. The Labute approximate surface area is 182 Å². The van der Waals surface area contributed by atoms with Gasteiger partial charge in [0.15, 0.2) is 0 Å². The molecule has 7 nitrogen and oxygen atoms in total. The summed E-state index contributed by atoms with van der Waals surface area (Å²) in [7, 11) is 1.68. The van der Waals surface area contributed by atoms with Crippen molar-refractivity contribution in [3.05, 3.63) is 87.5 Å². The lowest BCUT2D eigenvalue weighted by molar-refractivity contribution is -0.117. The van der Waals surface area contributed by atoms with E-state index in [-0.39, 0.29) is 23.8 Å². The molecule has 0 aliphatic rings. The number of hydrogen-bond donors (Lipinski definition) is 2. The van der Waals surface area contributed by atoms with Crippen molar-refractivity contribution < 1.29 is 4.79 Å². The Hall–Kier alpha value is -3.61. The summed E-state index contributed by atoms with van der Waals surface area (Å²) in [6.07, 6.45) is 1.71. The molecule has 0 saturated carbocycles. The molecule has 0 aliphatic heterocycles. The molecular formula is C24H29N5O2. The minimum atomic E-state index is -0.214. The molecule has 0 fully saturated rings. The van der Waals surface area contributed by atoms with Gasteiger partial charge >= 0.3 is 0 Å². The molecule has 2 aromatic heterocycles. The molecular weight excluding hydrogens is 390 g/mol. The third-order valence-corrected chi connectivity index (χ3v) is 5.51. The summed E-state index contributed by atoms with van der Waals surface area (Å²) in [5, 5.41) is 0. The molecule has 1 aromatic carbocycles. The molecule has 3 aromatic rings. The van der Waals surface area contributed by atoms with Gasteiger partial charge in [0.25, 0.3) is 5.56 Å². The van der Waals surface area contributed by atoms with Gasteiger partial charge in [-0.3, -0.25) is 9.59 Å². The summed E-state index contributed by atoms with van der Waals surface area (Å²) in [6, 6.07) is 15.4. The zero-order chi connectivity index (χ0) is 22.5. The van der Waals surface area contributed by atoms with E-state index in [4.69, 9.17) is 5.73 Å². The van der Waals surface area contributed by atoms with Crippen molar-refractivity contribution in [2.45, 2.75) is 33.1 Å². The second kappa shape index (κ2) is 9.47. The lowest BCUT2D eigenvalue weighted by atomic mass is 10.0. The number of nitrogens with one attached hydrogen (secondary N) is 1. The molecule has 0 aliphatic carbocycles. The zero-order valence-electron chi connectivity index (χ0n) is 18.4. The molecule has 31 heavy (non-hydrogen) atoms. The number of carbonyl (C=O) groups is 1. The van der Waals surface area contributed by atoms with Crippen molar-refractivity contribution >= 4 is 17.4 Å². The zero-order valence-corrected chi connectivity index (χ0v) is 18.4. The van der Waals surface area contributed by atoms with E-state index >= 15 is 0 Å². The second-order valence-corrected chi connectivity index (χ2v) is 7.80. The molecule has 0 bridgehead atoms. The van der Waals surface area contributed by atoms with E-state index in [9.17, 15) is 9.59 Å². The summed E-state index contributed by atoms with van der Waals surface area (Å²) in [4.78, 5) is 31.7. The molecule has 1 amide bonds. The number of nitrogen functional groups attached to an aromatic ring is 1. The molecule has 162 valence electrons. The van der Waals surface area contributed by atoms with Crippen LogP contribution in [0.5, 0.6) is 0 Å². The van der Waals surface area contributed by atoms with Crippen LogP contribution in [0.3, 0.4) is 0 Å². The highest BCUT2D eigenvalue weighted by Crippen LogP contribution is 2.19. The standard InChI is InChI=1S/C24H29N5O2/c1-16-12-13-29(26-15-17(2)19-8-6-5-7-9-19)24(31)20(16)14-23(30)28(4)21-10-11-22(25)27-18(21)3/h5-13,17,26H,14-15H2,1-4H3,(H2,25,27). The molecule has 3 N–H and O–H groups in total. The van der Waals surface area contributed by atoms with Gasteiger partial charge in [0.1, 0.15) is 5.82 Å². The molecule has 0 radical (unpaired) electrons. The van der Waals surface area contributed by atoms with Gasteiger partial charge in [-0.25, -0.2) is 9.66 Å². The van der Waals surface area contributed by atoms with E-state index in [0.717, 1.165) is 5.56 Å². The van der Waals surface area contributed by atoms with Crippen LogP contribution in [0, 0.1) is 13.8 Å². The number of hydrogen-bond acceptors (Lipinski definition) is 5. The second-order valence-electron chi connectivity index (χ2n) is 7.80. The fraction of sp³-hybridized carbons (Fsp3) is 0.292. The number of rotatable bonds is 7. The van der Waals surface area contributed by atoms with E-state index in [0.29, 0.717) is 29.3 Å². The predicted octanol–water partition coefficient (Wildman–Crippen LogP) is 3.00. The first-order chi connectivity index (χ1) is 14.8. The van der Waals surface area contributed by atoms with Crippen molar-refractivity contribution in [1.82, 2.24) is 9.66 Å². The molecule has 0 saturated heterocycles. The summed E-state index contributed by atoms with van der Waals surface area (Å²) in [5.74, 6) is 0.441. The van der Waals surface area contributed by atoms with Crippen LogP contribution in [0.25, 0.3) is 0 Å². The summed E-state index contributed by atoms with van der Waals surface area (Å²) < 4.78 is 1.46. The quantitative estimate of drug-likeness (QED) is 0.614. The first kappa shape index (κ1) is 22.1. The van der Waals surface area contributed by atoms with Crippen molar-refractivity contribution in [3.8, 4) is 0 Å². The third-order valence-electron chi connectivity index (χ3n) is 5.51. The minimum absolute atomic E-state index is 0.00173. The van der Waals surface area contributed by atoms with Crippen LogP contribution in [-0.2, 0) is 11.2 Å². The van der Waals surface area contributed by atoms with Gasteiger partial charge in [-0.15, -0.1) is 0 Å². The van der Waals surface area contributed by atoms with Gasteiger partial charge in [-0.1, -0.05) is 37.3 Å². The van der Waals surface area contributed by atoms with Crippen LogP contribution >= 0.6 is 0 Å². The van der Waals surface area contributed by atoms with Gasteiger partial charge in [0.05, 0.1) is 17.8 Å². The SMILES string of the molecule is Cc1ccn(NCC(C)c2ccccc2)c(=O)c1CC(=O)N(C)c1ccc(N)nc1C. The van der Waals surface area contributed by atoms with Crippen LogP contribution in [0.2, 0.25) is 0 Å². The predicted molar refractivity (Wildman–Crippen MR) is 125 cm³/mol. The highest BCUT2D eigenvalue weighted by Gasteiger charge is 2.18. The first-order valence-electron chi connectivity index (χ1n) is 10.3. The summed E-state index contributed by atoms with van der Waals surface area (Å²) in [6.45, 7) is 6.34. The van der Waals surface area contributed by atoms with E-state index in [1.807, 2.05) is 31.2 Å². The maximum Gasteiger partial charge on any atom is 0.272 e. The Balaban J connectivity index is 1.75. The highest BCUT2D eigenvalue weighted by atomic mass is 16.2. The average molecular weight is 420 g/mol. The topological polar surface area (TPSA) is 93.2 Å². The summed E-state index contributed by atoms with van der Waals surface area (Å²) >= 11 is 0. The average Bonchev–Trinajstić information content (AvgIpc) is 2.76. The Morgan fingerprint density at radius 1 is 1.16 bits per heavy atom. The fourth-order valence-corrected chi connectivity index (χ4v) is 3.47. The molecule has 2 heterocycles. The Morgan fingerprint density at radius 3 is 2.55 bits per heavy atom. The number of carbonyl (C=O) groups excluding carboxylic acids is 1. The van der Waals surface area contributed by atoms with Crippen molar-refractivity contribution in [2.75, 3.05) is 29.7 Å². The van der Waals surface area contributed by atoms with Crippen LogP contribution < -0.4 is 21.6 Å². The Bertz CT molecular complexity index is 1120. The number of aryl methyl sites for hydroxylation is 2. The number of nitrogens with two attached hydrogens (primary N) is 1. The van der Waals surface area contributed by atoms with E-state index in [2.05, 4.69) is 29.5 Å². The summed E-state index contributed by atoms with van der Waals surface area (Å²) in [5.41, 5.74) is 12.5. The number of anilines is 2. The molecule has 7 heteroatoms.